The Hall–Kier alpha value is -0.800. The lowest BCUT2D eigenvalue weighted by Gasteiger charge is -2.27. The molecule has 0 aromatic carbocycles. The SMILES string of the molecule is CN(Cc1nc(N)ccc1Cl)CC1CC2CCC1C2. The molecule has 1 aromatic heterocycles. The van der Waals surface area contributed by atoms with Crippen LogP contribution in [-0.4, -0.2) is 23.5 Å². The number of rotatable bonds is 4. The fourth-order valence-corrected chi connectivity index (χ4v) is 4.10. The Labute approximate surface area is 120 Å². The molecule has 0 aliphatic heterocycles. The van der Waals surface area contributed by atoms with Gasteiger partial charge in [0.1, 0.15) is 5.82 Å². The molecule has 0 radical (unpaired) electrons. The van der Waals surface area contributed by atoms with Crippen molar-refractivity contribution in [2.75, 3.05) is 19.3 Å². The highest BCUT2D eigenvalue weighted by Crippen LogP contribution is 2.48. The number of hydrogen-bond acceptors (Lipinski definition) is 3. The van der Waals surface area contributed by atoms with E-state index < -0.39 is 0 Å². The van der Waals surface area contributed by atoms with Gasteiger partial charge in [0.2, 0.25) is 0 Å². The van der Waals surface area contributed by atoms with Crippen LogP contribution in [0.5, 0.6) is 0 Å². The summed E-state index contributed by atoms with van der Waals surface area (Å²) in [6.07, 6.45) is 5.80. The molecule has 3 atom stereocenters. The number of halogens is 1. The van der Waals surface area contributed by atoms with Gasteiger partial charge < -0.3 is 10.6 Å². The van der Waals surface area contributed by atoms with Gasteiger partial charge >= 0.3 is 0 Å². The van der Waals surface area contributed by atoms with Crippen LogP contribution in [0.4, 0.5) is 5.82 Å². The Morgan fingerprint density at radius 2 is 2.21 bits per heavy atom. The average molecular weight is 280 g/mol. The van der Waals surface area contributed by atoms with Crippen molar-refractivity contribution in [3.05, 3.63) is 22.8 Å². The summed E-state index contributed by atoms with van der Waals surface area (Å²) in [4.78, 5) is 6.69. The molecule has 0 spiro atoms. The number of anilines is 1. The van der Waals surface area contributed by atoms with Crippen LogP contribution in [0, 0.1) is 17.8 Å². The number of nitrogen functional groups attached to an aromatic ring is 1. The van der Waals surface area contributed by atoms with Crippen molar-refractivity contribution in [1.82, 2.24) is 9.88 Å². The molecule has 0 amide bonds. The predicted molar refractivity (Wildman–Crippen MR) is 78.9 cm³/mol. The lowest BCUT2D eigenvalue weighted by atomic mass is 9.88. The normalized spacial score (nSPS) is 29.3. The van der Waals surface area contributed by atoms with Crippen LogP contribution in [0.2, 0.25) is 5.02 Å². The summed E-state index contributed by atoms with van der Waals surface area (Å²) in [7, 11) is 2.16. The summed E-state index contributed by atoms with van der Waals surface area (Å²) < 4.78 is 0. The molecule has 104 valence electrons. The van der Waals surface area contributed by atoms with E-state index >= 15 is 0 Å². The maximum absolute atomic E-state index is 6.18. The van der Waals surface area contributed by atoms with E-state index in [9.17, 15) is 0 Å². The van der Waals surface area contributed by atoms with E-state index in [-0.39, 0.29) is 0 Å². The number of aromatic nitrogens is 1. The quantitative estimate of drug-likeness (QED) is 0.920. The Balaban J connectivity index is 1.59. The van der Waals surface area contributed by atoms with Gasteiger partial charge in [-0.25, -0.2) is 4.98 Å². The van der Waals surface area contributed by atoms with E-state index in [0.29, 0.717) is 10.8 Å². The van der Waals surface area contributed by atoms with Crippen molar-refractivity contribution in [1.29, 1.82) is 0 Å². The Bertz CT molecular complexity index is 463. The summed E-state index contributed by atoms with van der Waals surface area (Å²) in [5.74, 6) is 3.41. The fraction of sp³-hybridized carbons (Fsp3) is 0.667. The second-order valence-electron chi connectivity index (χ2n) is 6.30. The lowest BCUT2D eigenvalue weighted by molar-refractivity contribution is 0.213. The number of nitrogens with zero attached hydrogens (tertiary/aromatic N) is 2. The first-order chi connectivity index (χ1) is 9.11. The van der Waals surface area contributed by atoms with Gasteiger partial charge in [-0.05, 0) is 56.2 Å². The van der Waals surface area contributed by atoms with E-state index in [2.05, 4.69) is 16.9 Å². The van der Waals surface area contributed by atoms with Crippen LogP contribution in [0.25, 0.3) is 0 Å². The molecule has 3 rings (SSSR count). The van der Waals surface area contributed by atoms with E-state index in [0.717, 1.165) is 36.5 Å². The highest BCUT2D eigenvalue weighted by molar-refractivity contribution is 6.31. The van der Waals surface area contributed by atoms with Gasteiger partial charge in [0.05, 0.1) is 10.7 Å². The summed E-state index contributed by atoms with van der Waals surface area (Å²) in [5.41, 5.74) is 6.62. The average Bonchev–Trinajstić information content (AvgIpc) is 2.96. The highest BCUT2D eigenvalue weighted by Gasteiger charge is 2.39. The van der Waals surface area contributed by atoms with Crippen molar-refractivity contribution in [2.24, 2.45) is 17.8 Å². The second-order valence-corrected chi connectivity index (χ2v) is 6.70. The van der Waals surface area contributed by atoms with Gasteiger partial charge in [-0.2, -0.15) is 0 Å². The van der Waals surface area contributed by atoms with Crippen molar-refractivity contribution in [3.63, 3.8) is 0 Å². The molecule has 2 N–H and O–H groups in total. The van der Waals surface area contributed by atoms with Gasteiger partial charge in [-0.3, -0.25) is 0 Å². The Morgan fingerprint density at radius 3 is 2.89 bits per heavy atom. The number of nitrogens with two attached hydrogens (primary N) is 1. The van der Waals surface area contributed by atoms with Gasteiger partial charge in [0.15, 0.2) is 0 Å². The number of hydrogen-bond donors (Lipinski definition) is 1. The minimum Gasteiger partial charge on any atom is -0.384 e. The molecule has 2 aliphatic carbocycles. The molecule has 0 saturated heterocycles. The topological polar surface area (TPSA) is 42.2 Å². The monoisotopic (exact) mass is 279 g/mol. The van der Waals surface area contributed by atoms with Crippen LogP contribution < -0.4 is 5.73 Å². The first kappa shape index (κ1) is 13.2. The summed E-state index contributed by atoms with van der Waals surface area (Å²) in [6.45, 7) is 1.95. The minimum atomic E-state index is 0.549. The third kappa shape index (κ3) is 2.87. The van der Waals surface area contributed by atoms with Gasteiger partial charge in [0.25, 0.3) is 0 Å². The molecule has 2 aliphatic rings. The molecule has 2 bridgehead atoms. The van der Waals surface area contributed by atoms with Crippen LogP contribution in [-0.2, 0) is 6.54 Å². The number of fused-ring (bicyclic) bond motifs is 2. The zero-order valence-electron chi connectivity index (χ0n) is 11.5. The second kappa shape index (κ2) is 5.29. The molecular weight excluding hydrogens is 258 g/mol. The number of pyridine rings is 1. The van der Waals surface area contributed by atoms with Crippen LogP contribution in [0.3, 0.4) is 0 Å². The maximum Gasteiger partial charge on any atom is 0.123 e. The Morgan fingerprint density at radius 1 is 1.37 bits per heavy atom. The zero-order valence-corrected chi connectivity index (χ0v) is 12.2. The molecule has 1 heterocycles. The molecule has 19 heavy (non-hydrogen) atoms. The predicted octanol–water partition coefficient (Wildman–Crippen LogP) is 3.19. The van der Waals surface area contributed by atoms with Gasteiger partial charge in [0, 0.05) is 13.1 Å². The molecular formula is C15H22ClN3. The maximum atomic E-state index is 6.18. The third-order valence-electron chi connectivity index (χ3n) is 4.79. The van der Waals surface area contributed by atoms with Crippen LogP contribution in [0.1, 0.15) is 31.4 Å². The van der Waals surface area contributed by atoms with E-state index in [1.165, 1.54) is 25.7 Å². The third-order valence-corrected chi connectivity index (χ3v) is 5.13. The van der Waals surface area contributed by atoms with Gasteiger partial charge in [-0.15, -0.1) is 0 Å². The fourth-order valence-electron chi connectivity index (χ4n) is 3.93. The van der Waals surface area contributed by atoms with Crippen molar-refractivity contribution in [3.8, 4) is 0 Å². The largest absolute Gasteiger partial charge is 0.384 e. The molecule has 2 saturated carbocycles. The summed E-state index contributed by atoms with van der Waals surface area (Å²) in [6, 6.07) is 3.59. The molecule has 3 nitrogen and oxygen atoms in total. The molecule has 3 unspecified atom stereocenters. The van der Waals surface area contributed by atoms with E-state index in [4.69, 9.17) is 17.3 Å². The van der Waals surface area contributed by atoms with Crippen LogP contribution in [0.15, 0.2) is 12.1 Å². The summed E-state index contributed by atoms with van der Waals surface area (Å²) in [5, 5.41) is 0.717. The van der Waals surface area contributed by atoms with Crippen LogP contribution >= 0.6 is 11.6 Å². The standard InChI is InChI=1S/C15H22ClN3/c1-19(8-12-7-10-2-3-11(12)6-10)9-14-13(16)4-5-15(17)18-14/h4-5,10-12H,2-3,6-9H2,1H3,(H2,17,18). The first-order valence-corrected chi connectivity index (χ1v) is 7.59. The molecule has 4 heteroatoms. The minimum absolute atomic E-state index is 0.549. The van der Waals surface area contributed by atoms with Crippen molar-refractivity contribution < 1.29 is 0 Å². The molecule has 1 aromatic rings. The first-order valence-electron chi connectivity index (χ1n) is 7.21. The zero-order chi connectivity index (χ0) is 13.4. The van der Waals surface area contributed by atoms with Crippen molar-refractivity contribution >= 4 is 17.4 Å². The van der Waals surface area contributed by atoms with Gasteiger partial charge in [-0.1, -0.05) is 18.0 Å². The Kier molecular flexibility index (Phi) is 3.68. The van der Waals surface area contributed by atoms with E-state index in [1.54, 1.807) is 6.07 Å². The lowest BCUT2D eigenvalue weighted by Crippen LogP contribution is -2.28. The smallest absolute Gasteiger partial charge is 0.123 e. The summed E-state index contributed by atoms with van der Waals surface area (Å²) >= 11 is 6.18. The van der Waals surface area contributed by atoms with Crippen molar-refractivity contribution in [2.45, 2.75) is 32.2 Å². The van der Waals surface area contributed by atoms with E-state index in [1.807, 2.05) is 6.07 Å². The highest BCUT2D eigenvalue weighted by atomic mass is 35.5. The molecule has 2 fully saturated rings.